The molecule has 1 heterocycles. The monoisotopic (exact) mass is 288 g/mol. The SMILES string of the molecule is O=C(CN1C(=O)c2ccc(C(=O)O)cc2C1=O)NC1CC1. The molecule has 1 aliphatic carbocycles. The fourth-order valence-electron chi connectivity index (χ4n) is 2.21. The number of benzene rings is 1. The van der Waals surface area contributed by atoms with Gasteiger partial charge in [-0.1, -0.05) is 0 Å². The summed E-state index contributed by atoms with van der Waals surface area (Å²) in [5, 5.41) is 11.6. The average Bonchev–Trinajstić information content (AvgIpc) is 3.22. The molecular formula is C14H12N2O5. The zero-order valence-corrected chi connectivity index (χ0v) is 11.0. The Bertz CT molecular complexity index is 678. The Hall–Kier alpha value is -2.70. The molecule has 0 aromatic heterocycles. The first-order valence-electron chi connectivity index (χ1n) is 6.50. The minimum absolute atomic E-state index is 0.0270. The van der Waals surface area contributed by atoms with Crippen LogP contribution in [0.25, 0.3) is 0 Å². The number of hydrogen-bond donors (Lipinski definition) is 2. The largest absolute Gasteiger partial charge is 0.478 e. The number of fused-ring (bicyclic) bond motifs is 1. The van der Waals surface area contributed by atoms with Gasteiger partial charge in [0, 0.05) is 6.04 Å². The van der Waals surface area contributed by atoms with Gasteiger partial charge in [-0.05, 0) is 31.0 Å². The molecule has 0 bridgehead atoms. The van der Waals surface area contributed by atoms with E-state index in [9.17, 15) is 19.2 Å². The predicted octanol–water partition coefficient (Wildman–Crippen LogP) is 0.259. The maximum Gasteiger partial charge on any atom is 0.335 e. The molecule has 3 amide bonds. The third kappa shape index (κ3) is 2.37. The van der Waals surface area contributed by atoms with Crippen LogP contribution in [0.1, 0.15) is 43.9 Å². The summed E-state index contributed by atoms with van der Waals surface area (Å²) in [7, 11) is 0. The highest BCUT2D eigenvalue weighted by Crippen LogP contribution is 2.24. The molecule has 21 heavy (non-hydrogen) atoms. The van der Waals surface area contributed by atoms with E-state index in [0.717, 1.165) is 23.8 Å². The highest BCUT2D eigenvalue weighted by Gasteiger charge is 2.37. The van der Waals surface area contributed by atoms with Crippen molar-refractivity contribution in [3.05, 3.63) is 34.9 Å². The number of imide groups is 1. The molecule has 3 rings (SSSR count). The van der Waals surface area contributed by atoms with E-state index in [4.69, 9.17) is 5.11 Å². The highest BCUT2D eigenvalue weighted by atomic mass is 16.4. The Morgan fingerprint density at radius 3 is 2.48 bits per heavy atom. The number of carboxylic acid groups (broad SMARTS) is 1. The highest BCUT2D eigenvalue weighted by molar-refractivity contribution is 6.22. The number of rotatable bonds is 4. The van der Waals surface area contributed by atoms with E-state index in [-0.39, 0.29) is 35.2 Å². The third-order valence-electron chi connectivity index (χ3n) is 3.46. The van der Waals surface area contributed by atoms with Gasteiger partial charge in [0.15, 0.2) is 0 Å². The second-order valence-corrected chi connectivity index (χ2v) is 5.10. The van der Waals surface area contributed by atoms with Crippen LogP contribution in [-0.4, -0.2) is 46.3 Å². The van der Waals surface area contributed by atoms with E-state index >= 15 is 0 Å². The lowest BCUT2D eigenvalue weighted by atomic mass is 10.1. The molecule has 0 radical (unpaired) electrons. The second-order valence-electron chi connectivity index (χ2n) is 5.10. The van der Waals surface area contributed by atoms with Crippen LogP contribution < -0.4 is 5.32 Å². The van der Waals surface area contributed by atoms with Crippen LogP contribution in [0.5, 0.6) is 0 Å². The molecule has 0 unspecified atom stereocenters. The zero-order valence-electron chi connectivity index (χ0n) is 11.0. The molecule has 1 fully saturated rings. The number of aromatic carboxylic acids is 1. The molecule has 2 N–H and O–H groups in total. The topological polar surface area (TPSA) is 104 Å². The Kier molecular flexibility index (Phi) is 2.97. The Balaban J connectivity index is 1.82. The minimum atomic E-state index is -1.18. The predicted molar refractivity (Wildman–Crippen MR) is 69.9 cm³/mol. The molecule has 0 saturated heterocycles. The number of amides is 3. The summed E-state index contributed by atoms with van der Waals surface area (Å²) in [6.07, 6.45) is 1.83. The first-order valence-corrected chi connectivity index (χ1v) is 6.50. The smallest absolute Gasteiger partial charge is 0.335 e. The normalized spacial score (nSPS) is 16.9. The molecule has 2 aliphatic rings. The van der Waals surface area contributed by atoms with E-state index in [1.165, 1.54) is 12.1 Å². The second kappa shape index (κ2) is 4.69. The standard InChI is InChI=1S/C14H12N2O5/c17-11(15-8-2-3-8)6-16-12(18)9-4-1-7(14(20)21)5-10(9)13(16)19/h1,4-5,8H,2-3,6H2,(H,15,17)(H,20,21). The summed E-state index contributed by atoms with van der Waals surface area (Å²) in [5.41, 5.74) is 0.0857. The maximum absolute atomic E-state index is 12.2. The van der Waals surface area contributed by atoms with Crippen molar-refractivity contribution in [2.45, 2.75) is 18.9 Å². The maximum atomic E-state index is 12.2. The summed E-state index contributed by atoms with van der Waals surface area (Å²) >= 11 is 0. The van der Waals surface area contributed by atoms with E-state index in [2.05, 4.69) is 5.32 Å². The van der Waals surface area contributed by atoms with Gasteiger partial charge < -0.3 is 10.4 Å². The van der Waals surface area contributed by atoms with Gasteiger partial charge in [0.05, 0.1) is 16.7 Å². The van der Waals surface area contributed by atoms with Crippen molar-refractivity contribution in [1.82, 2.24) is 10.2 Å². The van der Waals surface area contributed by atoms with Crippen LogP contribution in [0.3, 0.4) is 0 Å². The summed E-state index contributed by atoms with van der Waals surface area (Å²) in [6, 6.07) is 3.88. The summed E-state index contributed by atoms with van der Waals surface area (Å²) in [5.74, 6) is -2.77. The minimum Gasteiger partial charge on any atom is -0.478 e. The van der Waals surface area contributed by atoms with Gasteiger partial charge in [-0.25, -0.2) is 4.79 Å². The van der Waals surface area contributed by atoms with E-state index in [0.29, 0.717) is 0 Å². The van der Waals surface area contributed by atoms with Gasteiger partial charge in [-0.2, -0.15) is 0 Å². The van der Waals surface area contributed by atoms with Gasteiger partial charge in [0.1, 0.15) is 6.54 Å². The molecular weight excluding hydrogens is 276 g/mol. The van der Waals surface area contributed by atoms with Gasteiger partial charge >= 0.3 is 5.97 Å². The lowest BCUT2D eigenvalue weighted by molar-refractivity contribution is -0.121. The molecule has 0 atom stereocenters. The molecule has 7 heteroatoms. The van der Waals surface area contributed by atoms with Gasteiger partial charge in [-0.15, -0.1) is 0 Å². The molecule has 1 aromatic rings. The lowest BCUT2D eigenvalue weighted by Gasteiger charge is -2.13. The van der Waals surface area contributed by atoms with Crippen molar-refractivity contribution in [2.24, 2.45) is 0 Å². The van der Waals surface area contributed by atoms with E-state index < -0.39 is 17.8 Å². The van der Waals surface area contributed by atoms with Crippen molar-refractivity contribution in [3.63, 3.8) is 0 Å². The van der Waals surface area contributed by atoms with E-state index in [1.54, 1.807) is 0 Å². The molecule has 1 aliphatic heterocycles. The summed E-state index contributed by atoms with van der Waals surface area (Å²) in [6.45, 7) is -0.342. The van der Waals surface area contributed by atoms with Crippen LogP contribution in [0.2, 0.25) is 0 Å². The van der Waals surface area contributed by atoms with Crippen LogP contribution in [0, 0.1) is 0 Å². The zero-order chi connectivity index (χ0) is 15.1. The van der Waals surface area contributed by atoms with Gasteiger partial charge in [0.2, 0.25) is 5.91 Å². The van der Waals surface area contributed by atoms with Gasteiger partial charge in [0.25, 0.3) is 11.8 Å². The van der Waals surface area contributed by atoms with Crippen LogP contribution in [-0.2, 0) is 4.79 Å². The van der Waals surface area contributed by atoms with Crippen molar-refractivity contribution >= 4 is 23.7 Å². The fraction of sp³-hybridized carbons (Fsp3) is 0.286. The summed E-state index contributed by atoms with van der Waals surface area (Å²) < 4.78 is 0. The number of nitrogens with one attached hydrogen (secondary N) is 1. The average molecular weight is 288 g/mol. The molecule has 1 aromatic carbocycles. The summed E-state index contributed by atoms with van der Waals surface area (Å²) in [4.78, 5) is 47.7. The van der Waals surface area contributed by atoms with Crippen LogP contribution in [0.15, 0.2) is 18.2 Å². The number of carbonyl (C=O) groups is 4. The Morgan fingerprint density at radius 2 is 1.86 bits per heavy atom. The Labute approximate surface area is 119 Å². The van der Waals surface area contributed by atoms with Crippen LogP contribution in [0.4, 0.5) is 0 Å². The number of nitrogens with zero attached hydrogens (tertiary/aromatic N) is 1. The first-order chi connectivity index (χ1) is 9.97. The van der Waals surface area contributed by atoms with Gasteiger partial charge in [-0.3, -0.25) is 19.3 Å². The molecule has 7 nitrogen and oxygen atoms in total. The van der Waals surface area contributed by atoms with Crippen molar-refractivity contribution in [1.29, 1.82) is 0 Å². The number of hydrogen-bond acceptors (Lipinski definition) is 4. The first kappa shape index (κ1) is 13.3. The molecule has 108 valence electrons. The molecule has 0 spiro atoms. The van der Waals surface area contributed by atoms with Crippen LogP contribution >= 0.6 is 0 Å². The molecule has 1 saturated carbocycles. The van der Waals surface area contributed by atoms with E-state index in [1.807, 2.05) is 0 Å². The quantitative estimate of drug-likeness (QED) is 0.773. The number of carboxylic acids is 1. The van der Waals surface area contributed by atoms with Crippen molar-refractivity contribution in [2.75, 3.05) is 6.54 Å². The number of carbonyl (C=O) groups excluding carboxylic acids is 3. The Morgan fingerprint density at radius 1 is 1.19 bits per heavy atom. The lowest BCUT2D eigenvalue weighted by Crippen LogP contribution is -2.41. The van der Waals surface area contributed by atoms with Crippen molar-refractivity contribution in [3.8, 4) is 0 Å². The van der Waals surface area contributed by atoms with Crippen molar-refractivity contribution < 1.29 is 24.3 Å². The fourth-order valence-corrected chi connectivity index (χ4v) is 2.21. The third-order valence-corrected chi connectivity index (χ3v) is 3.46.